The van der Waals surface area contributed by atoms with Crippen molar-refractivity contribution in [1.29, 1.82) is 0 Å². The van der Waals surface area contributed by atoms with Crippen LogP contribution in [0.2, 0.25) is 0 Å². The van der Waals surface area contributed by atoms with Gasteiger partial charge in [-0.3, -0.25) is 0 Å². The fourth-order valence-corrected chi connectivity index (χ4v) is 2.34. The van der Waals surface area contributed by atoms with Crippen LogP contribution in [0, 0.1) is 11.3 Å². The Hall–Kier alpha value is -0.0800. The third-order valence-corrected chi connectivity index (χ3v) is 3.31. The third kappa shape index (κ3) is 1.80. The van der Waals surface area contributed by atoms with Crippen molar-refractivity contribution in [2.24, 2.45) is 11.3 Å². The van der Waals surface area contributed by atoms with Gasteiger partial charge in [-0.25, -0.2) is 0 Å². The molecule has 2 fully saturated rings. The van der Waals surface area contributed by atoms with Crippen LogP contribution < -0.4 is 5.32 Å². The predicted octanol–water partition coefficient (Wildman–Crippen LogP) is 1.15. The van der Waals surface area contributed by atoms with E-state index in [0.29, 0.717) is 6.61 Å². The minimum absolute atomic E-state index is 0.249. The van der Waals surface area contributed by atoms with Gasteiger partial charge in [-0.05, 0) is 31.7 Å². The summed E-state index contributed by atoms with van der Waals surface area (Å²) in [6.45, 7) is 2.57. The molecule has 2 nitrogen and oxygen atoms in total. The van der Waals surface area contributed by atoms with Crippen LogP contribution in [0.15, 0.2) is 0 Å². The van der Waals surface area contributed by atoms with Crippen LogP contribution in [-0.4, -0.2) is 24.8 Å². The maximum atomic E-state index is 9.38. The van der Waals surface area contributed by atoms with Crippen LogP contribution in [0.25, 0.3) is 0 Å². The van der Waals surface area contributed by atoms with Gasteiger partial charge in [-0.15, -0.1) is 0 Å². The minimum Gasteiger partial charge on any atom is -0.396 e. The number of piperidine rings is 1. The maximum Gasteiger partial charge on any atom is 0.0499 e. The average molecular weight is 169 g/mol. The molecule has 70 valence electrons. The van der Waals surface area contributed by atoms with Gasteiger partial charge in [0.05, 0.1) is 0 Å². The van der Waals surface area contributed by atoms with E-state index >= 15 is 0 Å². The molecule has 12 heavy (non-hydrogen) atoms. The lowest BCUT2D eigenvalue weighted by Crippen LogP contribution is -2.42. The van der Waals surface area contributed by atoms with Crippen molar-refractivity contribution in [3.8, 4) is 0 Å². The highest BCUT2D eigenvalue weighted by Gasteiger charge is 2.37. The van der Waals surface area contributed by atoms with Crippen molar-refractivity contribution in [3.63, 3.8) is 0 Å². The maximum absolute atomic E-state index is 9.38. The molecule has 0 aromatic rings. The van der Waals surface area contributed by atoms with Gasteiger partial charge in [0, 0.05) is 18.6 Å². The molecule has 1 aliphatic heterocycles. The monoisotopic (exact) mass is 169 g/mol. The lowest BCUT2D eigenvalue weighted by molar-refractivity contribution is 0.0802. The first-order chi connectivity index (χ1) is 5.85. The summed E-state index contributed by atoms with van der Waals surface area (Å²) in [4.78, 5) is 0. The molecule has 1 aliphatic carbocycles. The summed E-state index contributed by atoms with van der Waals surface area (Å²) in [5.41, 5.74) is 0.249. The Labute approximate surface area is 74.4 Å². The Morgan fingerprint density at radius 3 is 2.75 bits per heavy atom. The van der Waals surface area contributed by atoms with E-state index in [1.807, 2.05) is 0 Å². The molecule has 0 unspecified atom stereocenters. The fraction of sp³-hybridized carbons (Fsp3) is 1.00. The summed E-state index contributed by atoms with van der Waals surface area (Å²) in [6.07, 6.45) is 6.54. The molecule has 0 aromatic heterocycles. The van der Waals surface area contributed by atoms with Gasteiger partial charge in [0.15, 0.2) is 0 Å². The molecule has 2 rings (SSSR count). The standard InChI is InChI=1S/C10H19NO/c12-8-10(6-9-2-3-9)4-1-5-11-7-10/h9,11-12H,1-8H2/t10-/m1/s1. The van der Waals surface area contributed by atoms with Gasteiger partial charge in [0.1, 0.15) is 0 Å². The Kier molecular flexibility index (Phi) is 2.37. The number of rotatable bonds is 3. The van der Waals surface area contributed by atoms with Crippen molar-refractivity contribution in [1.82, 2.24) is 5.32 Å². The quantitative estimate of drug-likeness (QED) is 0.664. The molecule has 1 heterocycles. The average Bonchev–Trinajstić information content (AvgIpc) is 2.90. The molecule has 1 saturated heterocycles. The Morgan fingerprint density at radius 1 is 1.42 bits per heavy atom. The molecule has 0 spiro atoms. The second-order valence-electron chi connectivity index (χ2n) is 4.59. The Balaban J connectivity index is 1.90. The zero-order valence-corrected chi connectivity index (χ0v) is 7.68. The topological polar surface area (TPSA) is 32.3 Å². The van der Waals surface area contributed by atoms with Crippen LogP contribution in [-0.2, 0) is 0 Å². The molecule has 0 aromatic carbocycles. The summed E-state index contributed by atoms with van der Waals surface area (Å²) in [6, 6.07) is 0. The third-order valence-electron chi connectivity index (χ3n) is 3.31. The van der Waals surface area contributed by atoms with E-state index in [1.54, 1.807) is 0 Å². The van der Waals surface area contributed by atoms with Gasteiger partial charge < -0.3 is 10.4 Å². The Morgan fingerprint density at radius 2 is 2.25 bits per heavy atom. The summed E-state index contributed by atoms with van der Waals surface area (Å²) >= 11 is 0. The minimum atomic E-state index is 0.249. The molecule has 2 aliphatic rings. The molecule has 1 atom stereocenters. The van der Waals surface area contributed by atoms with Crippen LogP contribution in [0.5, 0.6) is 0 Å². The molecule has 1 saturated carbocycles. The molecule has 2 N–H and O–H groups in total. The summed E-state index contributed by atoms with van der Waals surface area (Å²) < 4.78 is 0. The van der Waals surface area contributed by atoms with E-state index in [0.717, 1.165) is 19.0 Å². The zero-order chi connectivity index (χ0) is 8.44. The van der Waals surface area contributed by atoms with E-state index in [-0.39, 0.29) is 5.41 Å². The molecular weight excluding hydrogens is 150 g/mol. The number of hydrogen-bond acceptors (Lipinski definition) is 2. The van der Waals surface area contributed by atoms with Crippen LogP contribution in [0.3, 0.4) is 0 Å². The smallest absolute Gasteiger partial charge is 0.0499 e. The highest BCUT2D eigenvalue weighted by Crippen LogP contribution is 2.42. The van der Waals surface area contributed by atoms with E-state index < -0.39 is 0 Å². The predicted molar refractivity (Wildman–Crippen MR) is 49.0 cm³/mol. The van der Waals surface area contributed by atoms with E-state index in [4.69, 9.17) is 0 Å². The molecule has 0 amide bonds. The molecule has 0 radical (unpaired) electrons. The number of hydrogen-bond donors (Lipinski definition) is 2. The second-order valence-corrected chi connectivity index (χ2v) is 4.59. The fourth-order valence-electron chi connectivity index (χ4n) is 2.34. The summed E-state index contributed by atoms with van der Waals surface area (Å²) in [5, 5.41) is 12.8. The number of aliphatic hydroxyl groups is 1. The summed E-state index contributed by atoms with van der Waals surface area (Å²) in [5.74, 6) is 0.942. The highest BCUT2D eigenvalue weighted by atomic mass is 16.3. The first-order valence-corrected chi connectivity index (χ1v) is 5.16. The van der Waals surface area contributed by atoms with Crippen LogP contribution in [0.4, 0.5) is 0 Å². The van der Waals surface area contributed by atoms with Gasteiger partial charge in [-0.2, -0.15) is 0 Å². The summed E-state index contributed by atoms with van der Waals surface area (Å²) in [7, 11) is 0. The number of aliphatic hydroxyl groups excluding tert-OH is 1. The molecule has 0 bridgehead atoms. The lowest BCUT2D eigenvalue weighted by Gasteiger charge is -2.36. The van der Waals surface area contributed by atoms with Crippen LogP contribution >= 0.6 is 0 Å². The van der Waals surface area contributed by atoms with Crippen molar-refractivity contribution in [2.75, 3.05) is 19.7 Å². The van der Waals surface area contributed by atoms with Gasteiger partial charge in [-0.1, -0.05) is 12.8 Å². The van der Waals surface area contributed by atoms with Crippen molar-refractivity contribution in [3.05, 3.63) is 0 Å². The lowest BCUT2D eigenvalue weighted by atomic mass is 9.77. The van der Waals surface area contributed by atoms with Gasteiger partial charge in [0.2, 0.25) is 0 Å². The second kappa shape index (κ2) is 3.35. The van der Waals surface area contributed by atoms with Gasteiger partial charge >= 0.3 is 0 Å². The Bertz CT molecular complexity index is 148. The van der Waals surface area contributed by atoms with Crippen LogP contribution in [0.1, 0.15) is 32.1 Å². The van der Waals surface area contributed by atoms with E-state index in [1.165, 1.54) is 32.1 Å². The van der Waals surface area contributed by atoms with Crippen molar-refractivity contribution >= 4 is 0 Å². The SMILES string of the molecule is OC[C@@]1(CC2CC2)CCCNC1. The molecule has 2 heteroatoms. The van der Waals surface area contributed by atoms with Crippen molar-refractivity contribution in [2.45, 2.75) is 32.1 Å². The van der Waals surface area contributed by atoms with E-state index in [9.17, 15) is 5.11 Å². The first kappa shape index (κ1) is 8.52. The normalized spacial score (nSPS) is 36.8. The van der Waals surface area contributed by atoms with Crippen molar-refractivity contribution < 1.29 is 5.11 Å². The zero-order valence-electron chi connectivity index (χ0n) is 7.68. The van der Waals surface area contributed by atoms with Gasteiger partial charge in [0.25, 0.3) is 0 Å². The highest BCUT2D eigenvalue weighted by molar-refractivity contribution is 4.90. The first-order valence-electron chi connectivity index (χ1n) is 5.16. The molecular formula is C10H19NO. The number of nitrogens with one attached hydrogen (secondary N) is 1. The van der Waals surface area contributed by atoms with E-state index in [2.05, 4.69) is 5.32 Å². The largest absolute Gasteiger partial charge is 0.396 e.